The minimum absolute atomic E-state index is 0.116. The maximum Gasteiger partial charge on any atom is 0.251 e. The Kier molecular flexibility index (Phi) is 5.59. The summed E-state index contributed by atoms with van der Waals surface area (Å²) in [5.74, 6) is 0. The van der Waals surface area contributed by atoms with E-state index in [1.165, 1.54) is 17.2 Å². The van der Waals surface area contributed by atoms with E-state index in [1.807, 2.05) is 0 Å². The van der Waals surface area contributed by atoms with Gasteiger partial charge in [0, 0.05) is 23.6 Å². The first-order valence-corrected chi connectivity index (χ1v) is 8.00. The van der Waals surface area contributed by atoms with Crippen molar-refractivity contribution in [3.63, 3.8) is 0 Å². The molecule has 2 atom stereocenters. The molecular weight excluding hydrogens is 282 g/mol. The van der Waals surface area contributed by atoms with Crippen molar-refractivity contribution in [1.82, 2.24) is 15.3 Å². The number of aromatic amines is 1. The highest BCUT2D eigenvalue weighted by Gasteiger charge is 2.20. The van der Waals surface area contributed by atoms with Crippen molar-refractivity contribution < 1.29 is 0 Å². The molecule has 0 saturated carbocycles. The largest absolute Gasteiger partial charge is 0.309 e. The molecule has 2 unspecified atom stereocenters. The first-order valence-electron chi connectivity index (χ1n) is 7.12. The van der Waals surface area contributed by atoms with E-state index in [4.69, 9.17) is 0 Å². The van der Waals surface area contributed by atoms with Crippen LogP contribution in [0.15, 0.2) is 46.5 Å². The molecule has 0 aliphatic heterocycles. The second kappa shape index (κ2) is 7.43. The van der Waals surface area contributed by atoms with E-state index in [1.54, 1.807) is 18.0 Å². The third kappa shape index (κ3) is 4.44. The topological polar surface area (TPSA) is 57.8 Å². The van der Waals surface area contributed by atoms with E-state index >= 15 is 0 Å². The number of hydrogen-bond acceptors (Lipinski definition) is 4. The van der Waals surface area contributed by atoms with Crippen LogP contribution < -0.4 is 10.9 Å². The van der Waals surface area contributed by atoms with Crippen LogP contribution >= 0.6 is 11.8 Å². The molecule has 1 heterocycles. The normalized spacial score (nSPS) is 13.9. The molecule has 0 aliphatic rings. The second-order valence-corrected chi connectivity index (χ2v) is 6.37. The van der Waals surface area contributed by atoms with Crippen LogP contribution in [-0.2, 0) is 0 Å². The van der Waals surface area contributed by atoms with Crippen molar-refractivity contribution in [2.24, 2.45) is 0 Å². The predicted octanol–water partition coefficient (Wildman–Crippen LogP) is 2.91. The quantitative estimate of drug-likeness (QED) is 0.636. The molecule has 0 radical (unpaired) electrons. The molecule has 4 nitrogen and oxygen atoms in total. The molecule has 0 saturated heterocycles. The Morgan fingerprint density at radius 2 is 2.00 bits per heavy atom. The molecule has 2 aromatic rings. The van der Waals surface area contributed by atoms with E-state index in [2.05, 4.69) is 60.3 Å². The maximum absolute atomic E-state index is 11.4. The van der Waals surface area contributed by atoms with E-state index < -0.39 is 0 Å². The first kappa shape index (κ1) is 15.8. The van der Waals surface area contributed by atoms with Crippen LogP contribution in [0, 0.1) is 6.92 Å². The summed E-state index contributed by atoms with van der Waals surface area (Å²) in [5.41, 5.74) is 2.39. The van der Waals surface area contributed by atoms with Gasteiger partial charge in [0.25, 0.3) is 5.56 Å². The molecule has 2 rings (SSSR count). The van der Waals surface area contributed by atoms with E-state index in [0.29, 0.717) is 5.16 Å². The van der Waals surface area contributed by atoms with Gasteiger partial charge in [0.2, 0.25) is 0 Å². The highest BCUT2D eigenvalue weighted by atomic mass is 32.2. The lowest BCUT2D eigenvalue weighted by Gasteiger charge is -2.24. The third-order valence-corrected chi connectivity index (χ3v) is 4.35. The Labute approximate surface area is 129 Å². The zero-order valence-corrected chi connectivity index (χ0v) is 13.4. The fraction of sp³-hybridized carbons (Fsp3) is 0.375. The molecular formula is C16H21N3OS. The van der Waals surface area contributed by atoms with Crippen LogP contribution in [0.1, 0.15) is 31.0 Å². The van der Waals surface area contributed by atoms with Gasteiger partial charge in [0.1, 0.15) is 0 Å². The fourth-order valence-electron chi connectivity index (χ4n) is 2.20. The average Bonchev–Trinajstić information content (AvgIpc) is 2.46. The third-order valence-electron chi connectivity index (χ3n) is 3.28. The van der Waals surface area contributed by atoms with Gasteiger partial charge in [-0.2, -0.15) is 0 Å². The van der Waals surface area contributed by atoms with Gasteiger partial charge < -0.3 is 10.3 Å². The lowest BCUT2D eigenvalue weighted by Crippen LogP contribution is -2.28. The number of H-pyrrole nitrogens is 1. The molecule has 112 valence electrons. The van der Waals surface area contributed by atoms with Gasteiger partial charge in [-0.25, -0.2) is 4.98 Å². The molecule has 0 fully saturated rings. The molecule has 5 heteroatoms. The van der Waals surface area contributed by atoms with Crippen LogP contribution in [0.5, 0.6) is 0 Å². The van der Waals surface area contributed by atoms with Crippen molar-refractivity contribution in [3.8, 4) is 0 Å². The maximum atomic E-state index is 11.4. The molecule has 0 bridgehead atoms. The highest BCUT2D eigenvalue weighted by molar-refractivity contribution is 7.99. The number of hydrogen-bond donors (Lipinski definition) is 2. The molecule has 0 spiro atoms. The first-order chi connectivity index (χ1) is 10.1. The summed E-state index contributed by atoms with van der Waals surface area (Å²) in [7, 11) is 0. The van der Waals surface area contributed by atoms with Gasteiger partial charge in [-0.05, 0) is 19.0 Å². The molecule has 2 N–H and O–H groups in total. The summed E-state index contributed by atoms with van der Waals surface area (Å²) in [6.45, 7) is 7.22. The van der Waals surface area contributed by atoms with E-state index in [0.717, 1.165) is 6.54 Å². The SMILES string of the molecule is CCNC(c1ccc(C)cc1)C(C)Sc1nccc(=O)[nH]1. The van der Waals surface area contributed by atoms with Gasteiger partial charge in [-0.3, -0.25) is 4.79 Å². The van der Waals surface area contributed by atoms with Gasteiger partial charge in [-0.1, -0.05) is 55.4 Å². The van der Waals surface area contributed by atoms with Crippen molar-refractivity contribution in [3.05, 3.63) is 58.0 Å². The summed E-state index contributed by atoms with van der Waals surface area (Å²) in [6, 6.07) is 10.2. The Hall–Kier alpha value is -1.59. The van der Waals surface area contributed by atoms with Crippen LogP contribution in [0.4, 0.5) is 0 Å². The Balaban J connectivity index is 2.17. The summed E-state index contributed by atoms with van der Waals surface area (Å²) in [6.07, 6.45) is 1.54. The number of benzene rings is 1. The lowest BCUT2D eigenvalue weighted by molar-refractivity contribution is 0.547. The van der Waals surface area contributed by atoms with Crippen LogP contribution in [0.3, 0.4) is 0 Å². The van der Waals surface area contributed by atoms with Crippen molar-refractivity contribution in [1.29, 1.82) is 0 Å². The van der Waals surface area contributed by atoms with Gasteiger partial charge in [-0.15, -0.1) is 0 Å². The molecule has 0 aliphatic carbocycles. The van der Waals surface area contributed by atoms with Crippen molar-refractivity contribution >= 4 is 11.8 Å². The van der Waals surface area contributed by atoms with Gasteiger partial charge in [0.05, 0.1) is 0 Å². The molecule has 21 heavy (non-hydrogen) atoms. The number of thioether (sulfide) groups is 1. The second-order valence-electron chi connectivity index (χ2n) is 5.01. The average molecular weight is 303 g/mol. The number of aryl methyl sites for hydroxylation is 1. The summed E-state index contributed by atoms with van der Waals surface area (Å²) >= 11 is 1.58. The van der Waals surface area contributed by atoms with Crippen LogP contribution in [0.2, 0.25) is 0 Å². The Morgan fingerprint density at radius 3 is 2.62 bits per heavy atom. The fourth-order valence-corrected chi connectivity index (χ4v) is 3.23. The van der Waals surface area contributed by atoms with Gasteiger partial charge >= 0.3 is 0 Å². The van der Waals surface area contributed by atoms with Crippen molar-refractivity contribution in [2.45, 2.75) is 37.2 Å². The smallest absolute Gasteiger partial charge is 0.251 e. The Bertz CT molecular complexity index is 624. The van der Waals surface area contributed by atoms with Crippen LogP contribution in [0.25, 0.3) is 0 Å². The Morgan fingerprint density at radius 1 is 1.29 bits per heavy atom. The lowest BCUT2D eigenvalue weighted by atomic mass is 10.0. The molecule has 0 amide bonds. The highest BCUT2D eigenvalue weighted by Crippen LogP contribution is 2.29. The zero-order chi connectivity index (χ0) is 15.2. The predicted molar refractivity (Wildman–Crippen MR) is 87.8 cm³/mol. The number of nitrogens with one attached hydrogen (secondary N) is 2. The monoisotopic (exact) mass is 303 g/mol. The minimum Gasteiger partial charge on any atom is -0.309 e. The minimum atomic E-state index is -0.116. The number of nitrogens with zero attached hydrogens (tertiary/aromatic N) is 1. The van der Waals surface area contributed by atoms with Gasteiger partial charge in [0.15, 0.2) is 5.16 Å². The van der Waals surface area contributed by atoms with E-state index in [9.17, 15) is 4.79 Å². The molecule has 1 aromatic heterocycles. The number of rotatable bonds is 6. The summed E-state index contributed by atoms with van der Waals surface area (Å²) in [5, 5.41) is 4.42. The standard InChI is InChI=1S/C16H21N3OS/c1-4-17-15(13-7-5-11(2)6-8-13)12(3)21-16-18-10-9-14(20)19-16/h5-10,12,15,17H,4H2,1-3H3,(H,18,19,20). The van der Waals surface area contributed by atoms with Crippen LogP contribution in [-0.4, -0.2) is 21.8 Å². The summed E-state index contributed by atoms with van der Waals surface area (Å²) in [4.78, 5) is 18.3. The van der Waals surface area contributed by atoms with Crippen molar-refractivity contribution in [2.75, 3.05) is 6.54 Å². The number of aromatic nitrogens is 2. The summed E-state index contributed by atoms with van der Waals surface area (Å²) < 4.78 is 0. The van der Waals surface area contributed by atoms with E-state index in [-0.39, 0.29) is 16.9 Å². The molecule has 1 aromatic carbocycles. The zero-order valence-electron chi connectivity index (χ0n) is 12.6.